The van der Waals surface area contributed by atoms with Crippen LogP contribution in [0.15, 0.2) is 76.7 Å². The van der Waals surface area contributed by atoms with Crippen LogP contribution in [-0.4, -0.2) is 21.5 Å². The van der Waals surface area contributed by atoms with Crippen LogP contribution in [0, 0.1) is 0 Å². The molecule has 0 radical (unpaired) electrons. The van der Waals surface area contributed by atoms with Crippen molar-refractivity contribution in [1.29, 1.82) is 0 Å². The Kier molecular flexibility index (Phi) is 5.38. The molecule has 5 rings (SSSR count). The molecule has 156 valence electrons. The second kappa shape index (κ2) is 8.32. The Balaban J connectivity index is 1.54. The van der Waals surface area contributed by atoms with Gasteiger partial charge < -0.3 is 5.32 Å². The van der Waals surface area contributed by atoms with E-state index in [4.69, 9.17) is 4.98 Å². The van der Waals surface area contributed by atoms with Crippen LogP contribution in [0.2, 0.25) is 0 Å². The van der Waals surface area contributed by atoms with Crippen LogP contribution in [0.3, 0.4) is 0 Å². The van der Waals surface area contributed by atoms with Gasteiger partial charge in [-0.1, -0.05) is 72.4 Å². The van der Waals surface area contributed by atoms with E-state index in [9.17, 15) is 9.59 Å². The van der Waals surface area contributed by atoms with Gasteiger partial charge in [-0.25, -0.2) is 4.98 Å². The number of thioether (sulfide) groups is 1. The summed E-state index contributed by atoms with van der Waals surface area (Å²) >= 11 is 2.83. The quantitative estimate of drug-likeness (QED) is 0.341. The smallest absolute Gasteiger partial charge is 0.262 e. The summed E-state index contributed by atoms with van der Waals surface area (Å²) in [5, 5.41) is 3.78. The maximum absolute atomic E-state index is 13.1. The summed E-state index contributed by atoms with van der Waals surface area (Å²) in [6.07, 6.45) is 2.05. The summed E-state index contributed by atoms with van der Waals surface area (Å²) in [5.41, 5.74) is 1.87. The van der Waals surface area contributed by atoms with E-state index in [1.807, 2.05) is 66.7 Å². The van der Waals surface area contributed by atoms with E-state index >= 15 is 0 Å². The van der Waals surface area contributed by atoms with Gasteiger partial charge in [-0.2, -0.15) is 0 Å². The van der Waals surface area contributed by atoms with Crippen LogP contribution in [0.1, 0.15) is 23.7 Å². The Morgan fingerprint density at radius 3 is 2.48 bits per heavy atom. The summed E-state index contributed by atoms with van der Waals surface area (Å²) < 4.78 is 1.55. The van der Waals surface area contributed by atoms with E-state index in [0.29, 0.717) is 15.4 Å². The highest BCUT2D eigenvalue weighted by Gasteiger charge is 2.30. The third-order valence-electron chi connectivity index (χ3n) is 5.28. The molecule has 0 saturated heterocycles. The van der Waals surface area contributed by atoms with Gasteiger partial charge in [-0.3, -0.25) is 14.2 Å². The number of carbonyl (C=O) groups excluding carboxylic acids is 1. The molecule has 0 spiro atoms. The van der Waals surface area contributed by atoms with E-state index < -0.39 is 5.25 Å². The predicted molar refractivity (Wildman–Crippen MR) is 127 cm³/mol. The molecule has 1 aliphatic carbocycles. The predicted octanol–water partition coefficient (Wildman–Crippen LogP) is 4.77. The van der Waals surface area contributed by atoms with Gasteiger partial charge in [-0.05, 0) is 30.0 Å². The second-order valence-corrected chi connectivity index (χ2v) is 9.75. The number of hydrogen-bond donors (Lipinski definition) is 1. The zero-order valence-electron chi connectivity index (χ0n) is 16.9. The van der Waals surface area contributed by atoms with E-state index in [-0.39, 0.29) is 17.5 Å². The zero-order valence-corrected chi connectivity index (χ0v) is 18.6. The SMILES string of the molecule is Cn1c(SC(C(=O)NC2CC2)c2ccccc2)nc2sc(-c3ccccc3)cc2c1=O. The standard InChI is InChI=1S/C24H21N3O2S2/c1-27-23(29)18-14-19(15-8-4-2-5-9-15)30-22(18)26-24(27)31-20(16-10-6-3-7-11-16)21(28)25-17-12-13-17/h2-11,14,17,20H,12-13H2,1H3,(H,25,28). The molecule has 2 aromatic heterocycles. The van der Waals surface area contributed by atoms with Gasteiger partial charge in [0.1, 0.15) is 10.1 Å². The maximum Gasteiger partial charge on any atom is 0.262 e. The molecule has 1 fully saturated rings. The van der Waals surface area contributed by atoms with Crippen molar-refractivity contribution in [3.63, 3.8) is 0 Å². The first-order valence-electron chi connectivity index (χ1n) is 10.2. The number of benzene rings is 2. The molecular weight excluding hydrogens is 426 g/mol. The molecule has 1 N–H and O–H groups in total. The van der Waals surface area contributed by atoms with Gasteiger partial charge in [0.15, 0.2) is 5.16 Å². The number of hydrogen-bond acceptors (Lipinski definition) is 5. The van der Waals surface area contributed by atoms with Gasteiger partial charge >= 0.3 is 0 Å². The van der Waals surface area contributed by atoms with Crippen molar-refractivity contribution in [2.45, 2.75) is 29.3 Å². The average molecular weight is 448 g/mol. The Morgan fingerprint density at radius 2 is 1.81 bits per heavy atom. The number of aromatic nitrogens is 2. The average Bonchev–Trinajstić information content (AvgIpc) is 3.51. The lowest BCUT2D eigenvalue weighted by Gasteiger charge is -2.17. The van der Waals surface area contributed by atoms with E-state index in [1.165, 1.54) is 23.1 Å². The van der Waals surface area contributed by atoms with Crippen molar-refractivity contribution in [3.8, 4) is 10.4 Å². The number of rotatable bonds is 6. The number of fused-ring (bicyclic) bond motifs is 1. The van der Waals surface area contributed by atoms with Crippen molar-refractivity contribution in [3.05, 3.63) is 82.6 Å². The van der Waals surface area contributed by atoms with Crippen molar-refractivity contribution in [2.24, 2.45) is 7.05 Å². The van der Waals surface area contributed by atoms with E-state index in [0.717, 1.165) is 28.8 Å². The summed E-state index contributed by atoms with van der Waals surface area (Å²) in [6.45, 7) is 0. The fourth-order valence-electron chi connectivity index (χ4n) is 3.41. The third kappa shape index (κ3) is 4.16. The molecule has 7 heteroatoms. The number of nitrogens with zero attached hydrogens (tertiary/aromatic N) is 2. The van der Waals surface area contributed by atoms with Gasteiger partial charge in [-0.15, -0.1) is 11.3 Å². The highest BCUT2D eigenvalue weighted by Crippen LogP contribution is 2.37. The molecule has 31 heavy (non-hydrogen) atoms. The first kappa shape index (κ1) is 20.0. The highest BCUT2D eigenvalue weighted by molar-refractivity contribution is 8.00. The molecule has 0 bridgehead atoms. The Labute approximate surface area is 188 Å². The number of amides is 1. The van der Waals surface area contributed by atoms with Gasteiger partial charge in [0, 0.05) is 18.0 Å². The maximum atomic E-state index is 13.1. The van der Waals surface area contributed by atoms with Gasteiger partial charge in [0.05, 0.1) is 5.39 Å². The summed E-state index contributed by atoms with van der Waals surface area (Å²) in [4.78, 5) is 32.6. The molecule has 2 aromatic carbocycles. The van der Waals surface area contributed by atoms with Crippen molar-refractivity contribution >= 4 is 39.2 Å². The van der Waals surface area contributed by atoms with Crippen LogP contribution < -0.4 is 10.9 Å². The minimum atomic E-state index is -0.467. The molecule has 0 aliphatic heterocycles. The molecule has 1 unspecified atom stereocenters. The Bertz CT molecular complexity index is 1300. The summed E-state index contributed by atoms with van der Waals surface area (Å²) in [6, 6.07) is 21.8. The number of thiophene rings is 1. The van der Waals surface area contributed by atoms with Crippen LogP contribution in [0.4, 0.5) is 0 Å². The van der Waals surface area contributed by atoms with Crippen LogP contribution >= 0.6 is 23.1 Å². The third-order valence-corrected chi connectivity index (χ3v) is 7.65. The lowest BCUT2D eigenvalue weighted by Crippen LogP contribution is -2.30. The van der Waals surface area contributed by atoms with Crippen LogP contribution in [0.5, 0.6) is 0 Å². The van der Waals surface area contributed by atoms with E-state index in [1.54, 1.807) is 11.6 Å². The van der Waals surface area contributed by atoms with E-state index in [2.05, 4.69) is 5.32 Å². The number of carbonyl (C=O) groups is 1. The largest absolute Gasteiger partial charge is 0.352 e. The molecule has 5 nitrogen and oxygen atoms in total. The first-order chi connectivity index (χ1) is 15.1. The lowest BCUT2D eigenvalue weighted by atomic mass is 10.1. The monoisotopic (exact) mass is 447 g/mol. The molecular formula is C24H21N3O2S2. The minimum Gasteiger partial charge on any atom is -0.352 e. The fraction of sp³-hybridized carbons (Fsp3) is 0.208. The molecule has 4 aromatic rings. The Morgan fingerprint density at radius 1 is 1.13 bits per heavy atom. The van der Waals surface area contributed by atoms with Crippen LogP contribution in [0.25, 0.3) is 20.7 Å². The zero-order chi connectivity index (χ0) is 21.4. The molecule has 1 aliphatic rings. The second-order valence-electron chi connectivity index (χ2n) is 7.65. The summed E-state index contributed by atoms with van der Waals surface area (Å²) in [5.74, 6) is -0.0378. The van der Waals surface area contributed by atoms with Gasteiger partial charge in [0.25, 0.3) is 5.56 Å². The molecule has 1 atom stereocenters. The summed E-state index contributed by atoms with van der Waals surface area (Å²) in [7, 11) is 1.72. The fourth-order valence-corrected chi connectivity index (χ4v) is 5.56. The molecule has 2 heterocycles. The van der Waals surface area contributed by atoms with Crippen molar-refractivity contribution in [2.75, 3.05) is 0 Å². The Hall–Kier alpha value is -2.90. The normalized spacial score (nSPS) is 14.5. The van der Waals surface area contributed by atoms with Crippen molar-refractivity contribution < 1.29 is 4.79 Å². The molecule has 1 saturated carbocycles. The highest BCUT2D eigenvalue weighted by atomic mass is 32.2. The number of nitrogens with one attached hydrogen (secondary N) is 1. The minimum absolute atomic E-state index is 0.0378. The topological polar surface area (TPSA) is 64.0 Å². The van der Waals surface area contributed by atoms with Crippen molar-refractivity contribution in [1.82, 2.24) is 14.9 Å². The molecule has 1 amide bonds. The van der Waals surface area contributed by atoms with Crippen LogP contribution in [-0.2, 0) is 11.8 Å². The van der Waals surface area contributed by atoms with Gasteiger partial charge in [0.2, 0.25) is 5.91 Å². The lowest BCUT2D eigenvalue weighted by molar-refractivity contribution is -0.120. The first-order valence-corrected chi connectivity index (χ1v) is 11.9.